The SMILES string of the molecule is CCC(C)c1ccc(-c2ccc(N3C(=O)c4ccccc4C3=O)cc2C(F)(F)F)c(C(F)(F)F)c1. The van der Waals surface area contributed by atoms with E-state index in [1.54, 1.807) is 13.8 Å². The van der Waals surface area contributed by atoms with Crippen LogP contribution >= 0.6 is 0 Å². The summed E-state index contributed by atoms with van der Waals surface area (Å²) in [6.45, 7) is 3.53. The Bertz CT molecular complexity index is 1290. The molecule has 0 aromatic heterocycles. The summed E-state index contributed by atoms with van der Waals surface area (Å²) >= 11 is 0. The molecule has 0 radical (unpaired) electrons. The molecule has 1 heterocycles. The number of amides is 2. The maximum absolute atomic E-state index is 14.1. The van der Waals surface area contributed by atoms with Gasteiger partial charge in [-0.25, -0.2) is 4.90 Å². The first-order chi connectivity index (χ1) is 16.3. The van der Waals surface area contributed by atoms with E-state index in [0.717, 1.165) is 24.3 Å². The van der Waals surface area contributed by atoms with Crippen molar-refractivity contribution in [3.8, 4) is 11.1 Å². The van der Waals surface area contributed by atoms with Crippen LogP contribution < -0.4 is 4.90 Å². The molecule has 0 N–H and O–H groups in total. The van der Waals surface area contributed by atoms with Gasteiger partial charge in [0, 0.05) is 0 Å². The van der Waals surface area contributed by atoms with Crippen LogP contribution in [-0.2, 0) is 12.4 Å². The third-order valence-electron chi connectivity index (χ3n) is 6.18. The van der Waals surface area contributed by atoms with E-state index >= 15 is 0 Å². The molecule has 35 heavy (non-hydrogen) atoms. The van der Waals surface area contributed by atoms with Gasteiger partial charge in [-0.1, -0.05) is 44.2 Å². The molecule has 1 unspecified atom stereocenters. The predicted octanol–water partition coefficient (Wildman–Crippen LogP) is 7.71. The lowest BCUT2D eigenvalue weighted by atomic mass is 9.89. The average molecular weight is 491 g/mol. The summed E-state index contributed by atoms with van der Waals surface area (Å²) in [5.41, 5.74) is -3.84. The number of hydrogen-bond acceptors (Lipinski definition) is 2. The molecule has 4 rings (SSSR count). The lowest BCUT2D eigenvalue weighted by Gasteiger charge is -2.22. The highest BCUT2D eigenvalue weighted by molar-refractivity contribution is 6.34. The standard InChI is InChI=1S/C26H19F6NO2/c1-3-14(2)15-8-10-17(21(12-15)25(27,28)29)18-11-9-16(13-22(18)26(30,31)32)33-23(34)19-6-4-5-7-20(19)24(33)35/h4-14H,3H2,1-2H3. The lowest BCUT2D eigenvalue weighted by molar-refractivity contribution is -0.139. The number of carbonyl (C=O) groups is 2. The van der Waals surface area contributed by atoms with E-state index in [4.69, 9.17) is 0 Å². The Hall–Kier alpha value is -3.62. The smallest absolute Gasteiger partial charge is 0.268 e. The number of anilines is 1. The van der Waals surface area contributed by atoms with Gasteiger partial charge in [-0.15, -0.1) is 0 Å². The second-order valence-corrected chi connectivity index (χ2v) is 8.33. The van der Waals surface area contributed by atoms with Crippen molar-refractivity contribution >= 4 is 17.5 Å². The van der Waals surface area contributed by atoms with Crippen molar-refractivity contribution in [2.45, 2.75) is 38.5 Å². The minimum absolute atomic E-state index is 0.0372. The van der Waals surface area contributed by atoms with E-state index < -0.39 is 46.4 Å². The van der Waals surface area contributed by atoms with Crippen LogP contribution in [0.15, 0.2) is 60.7 Å². The van der Waals surface area contributed by atoms with Crippen molar-refractivity contribution in [3.63, 3.8) is 0 Å². The minimum Gasteiger partial charge on any atom is -0.268 e. The molecule has 2 amide bonds. The number of benzene rings is 3. The molecule has 3 nitrogen and oxygen atoms in total. The Balaban J connectivity index is 1.89. The lowest BCUT2D eigenvalue weighted by Crippen LogP contribution is -2.29. The van der Waals surface area contributed by atoms with Crippen molar-refractivity contribution in [1.82, 2.24) is 0 Å². The van der Waals surface area contributed by atoms with Crippen molar-refractivity contribution in [2.24, 2.45) is 0 Å². The third kappa shape index (κ3) is 4.31. The molecule has 3 aromatic carbocycles. The first kappa shape index (κ1) is 24.5. The largest absolute Gasteiger partial charge is 0.417 e. The molecule has 1 aliphatic rings. The molecule has 9 heteroatoms. The number of hydrogen-bond donors (Lipinski definition) is 0. The highest BCUT2D eigenvalue weighted by Crippen LogP contribution is 2.45. The third-order valence-corrected chi connectivity index (χ3v) is 6.18. The molecule has 0 saturated heterocycles. The number of nitrogens with zero attached hydrogens (tertiary/aromatic N) is 1. The number of imide groups is 1. The Morgan fingerprint density at radius 1 is 0.714 bits per heavy atom. The molecule has 0 saturated carbocycles. The van der Waals surface area contributed by atoms with Crippen molar-refractivity contribution < 1.29 is 35.9 Å². The predicted molar refractivity (Wildman–Crippen MR) is 118 cm³/mol. The maximum Gasteiger partial charge on any atom is 0.417 e. The van der Waals surface area contributed by atoms with Crippen molar-refractivity contribution in [1.29, 1.82) is 0 Å². The molecule has 1 atom stereocenters. The topological polar surface area (TPSA) is 37.4 Å². The second kappa shape index (κ2) is 8.55. The molecule has 3 aromatic rings. The first-order valence-corrected chi connectivity index (χ1v) is 10.7. The summed E-state index contributed by atoms with van der Waals surface area (Å²) in [7, 11) is 0. The van der Waals surface area contributed by atoms with E-state index in [1.165, 1.54) is 30.3 Å². The summed E-state index contributed by atoms with van der Waals surface area (Å²) in [5, 5.41) is 0. The molecule has 182 valence electrons. The van der Waals surface area contributed by atoms with E-state index in [1.807, 2.05) is 0 Å². The van der Waals surface area contributed by atoms with E-state index in [-0.39, 0.29) is 22.7 Å². The van der Waals surface area contributed by atoms with Gasteiger partial charge in [0.05, 0.1) is 27.9 Å². The van der Waals surface area contributed by atoms with Crippen LogP contribution in [0, 0.1) is 0 Å². The van der Waals surface area contributed by atoms with Crippen LogP contribution in [0.4, 0.5) is 32.0 Å². The monoisotopic (exact) mass is 491 g/mol. The van der Waals surface area contributed by atoms with Crippen LogP contribution in [0.5, 0.6) is 0 Å². The Morgan fingerprint density at radius 3 is 1.69 bits per heavy atom. The van der Waals surface area contributed by atoms with E-state index in [2.05, 4.69) is 0 Å². The second-order valence-electron chi connectivity index (χ2n) is 8.33. The van der Waals surface area contributed by atoms with Crippen LogP contribution in [0.2, 0.25) is 0 Å². The highest BCUT2D eigenvalue weighted by Gasteiger charge is 2.41. The van der Waals surface area contributed by atoms with Gasteiger partial charge in [-0.3, -0.25) is 9.59 Å². The van der Waals surface area contributed by atoms with Gasteiger partial charge in [-0.05, 0) is 59.4 Å². The quantitative estimate of drug-likeness (QED) is 0.277. The fraction of sp³-hybridized carbons (Fsp3) is 0.231. The zero-order valence-corrected chi connectivity index (χ0v) is 18.6. The summed E-state index contributed by atoms with van der Waals surface area (Å²) < 4.78 is 84.0. The fourth-order valence-corrected chi connectivity index (χ4v) is 4.14. The van der Waals surface area contributed by atoms with E-state index in [9.17, 15) is 35.9 Å². The normalized spacial score (nSPS) is 14.9. The number of rotatable bonds is 4. The Morgan fingerprint density at radius 2 is 1.20 bits per heavy atom. The summed E-state index contributed by atoms with van der Waals surface area (Å²) in [4.78, 5) is 26.0. The minimum atomic E-state index is -5.05. The maximum atomic E-state index is 14.1. The van der Waals surface area contributed by atoms with Crippen LogP contribution in [0.3, 0.4) is 0 Å². The number of carbonyl (C=O) groups excluding carboxylic acids is 2. The average Bonchev–Trinajstić information content (AvgIpc) is 3.07. The van der Waals surface area contributed by atoms with E-state index in [0.29, 0.717) is 23.0 Å². The highest BCUT2D eigenvalue weighted by atomic mass is 19.4. The van der Waals surface area contributed by atoms with Gasteiger partial charge in [0.25, 0.3) is 11.8 Å². The van der Waals surface area contributed by atoms with Crippen LogP contribution in [0.25, 0.3) is 11.1 Å². The molecule has 0 spiro atoms. The zero-order valence-electron chi connectivity index (χ0n) is 18.6. The van der Waals surface area contributed by atoms with Gasteiger partial charge in [0.2, 0.25) is 0 Å². The molecule has 1 aliphatic heterocycles. The summed E-state index contributed by atoms with van der Waals surface area (Å²) in [5.74, 6) is -1.83. The first-order valence-electron chi connectivity index (χ1n) is 10.7. The van der Waals surface area contributed by atoms with Crippen molar-refractivity contribution in [3.05, 3.63) is 88.5 Å². The molecule has 0 aliphatic carbocycles. The van der Waals surface area contributed by atoms with Gasteiger partial charge in [0.15, 0.2) is 0 Å². The van der Waals surface area contributed by atoms with Crippen LogP contribution in [0.1, 0.15) is 63.6 Å². The zero-order chi connectivity index (χ0) is 25.7. The number of fused-ring (bicyclic) bond motifs is 1. The molecular weight excluding hydrogens is 472 g/mol. The van der Waals surface area contributed by atoms with Gasteiger partial charge in [0.1, 0.15) is 0 Å². The molecule has 0 bridgehead atoms. The fourth-order valence-electron chi connectivity index (χ4n) is 4.14. The summed E-state index contributed by atoms with van der Waals surface area (Å²) in [6, 6.07) is 11.5. The number of alkyl halides is 6. The van der Waals surface area contributed by atoms with Crippen LogP contribution in [-0.4, -0.2) is 11.8 Å². The van der Waals surface area contributed by atoms with Gasteiger partial charge >= 0.3 is 12.4 Å². The van der Waals surface area contributed by atoms with Gasteiger partial charge < -0.3 is 0 Å². The van der Waals surface area contributed by atoms with Gasteiger partial charge in [-0.2, -0.15) is 26.3 Å². The van der Waals surface area contributed by atoms with Crippen molar-refractivity contribution in [2.75, 3.05) is 4.90 Å². The Labute approximate surface area is 197 Å². The summed E-state index contributed by atoms with van der Waals surface area (Å²) in [6.07, 6.45) is -9.40. The molecule has 0 fully saturated rings. The molecular formula is C26H19F6NO2. The Kier molecular flexibility index (Phi) is 5.99. The number of halogens is 6.